The summed E-state index contributed by atoms with van der Waals surface area (Å²) in [5, 5.41) is 3.96. The molecule has 3 aromatic heterocycles. The van der Waals surface area contributed by atoms with E-state index in [1.54, 1.807) is 6.20 Å². The van der Waals surface area contributed by atoms with Crippen LogP contribution in [0.5, 0.6) is 0 Å². The molecular formula is C21H23F5N8. The largest absolute Gasteiger partial charge is 0.434 e. The first kappa shape index (κ1) is 22.7. The van der Waals surface area contributed by atoms with E-state index in [-0.39, 0.29) is 5.41 Å². The molecule has 2 aliphatic rings. The second-order valence-corrected chi connectivity index (χ2v) is 8.89. The fraction of sp³-hybridized carbons (Fsp3) is 0.571. The van der Waals surface area contributed by atoms with Crippen LogP contribution >= 0.6 is 0 Å². The lowest BCUT2D eigenvalue weighted by Crippen LogP contribution is -2.47. The highest BCUT2D eigenvalue weighted by Crippen LogP contribution is 2.42. The maximum Gasteiger partial charge on any atom is 0.434 e. The van der Waals surface area contributed by atoms with Gasteiger partial charge >= 0.3 is 6.18 Å². The number of halogens is 5. The Morgan fingerprint density at radius 2 is 1.44 bits per heavy atom. The van der Waals surface area contributed by atoms with Gasteiger partial charge in [-0.05, 0) is 31.1 Å². The van der Waals surface area contributed by atoms with Gasteiger partial charge in [0.25, 0.3) is 6.43 Å². The number of anilines is 2. The third-order valence-corrected chi connectivity index (χ3v) is 6.87. The second-order valence-electron chi connectivity index (χ2n) is 8.89. The van der Waals surface area contributed by atoms with E-state index in [0.29, 0.717) is 35.9 Å². The first-order valence-electron chi connectivity index (χ1n) is 11.1. The molecule has 8 nitrogen and oxygen atoms in total. The minimum atomic E-state index is -4.50. The van der Waals surface area contributed by atoms with Gasteiger partial charge < -0.3 is 9.80 Å². The van der Waals surface area contributed by atoms with Crippen molar-refractivity contribution in [3.63, 3.8) is 0 Å². The van der Waals surface area contributed by atoms with Crippen molar-refractivity contribution in [2.75, 3.05) is 36.0 Å². The van der Waals surface area contributed by atoms with Crippen molar-refractivity contribution >= 4 is 22.8 Å². The predicted molar refractivity (Wildman–Crippen MR) is 114 cm³/mol. The molecule has 0 amide bonds. The number of aromatic nitrogens is 6. The molecule has 2 fully saturated rings. The van der Waals surface area contributed by atoms with E-state index in [0.717, 1.165) is 45.0 Å². The van der Waals surface area contributed by atoms with Crippen molar-refractivity contribution in [1.82, 2.24) is 29.7 Å². The van der Waals surface area contributed by atoms with Crippen molar-refractivity contribution in [3.8, 4) is 0 Å². The summed E-state index contributed by atoms with van der Waals surface area (Å²) in [7, 11) is 0. The number of fused-ring (bicyclic) bond motifs is 1. The third kappa shape index (κ3) is 4.47. The molecule has 182 valence electrons. The van der Waals surface area contributed by atoms with Gasteiger partial charge in [0.05, 0.1) is 24.8 Å². The Hall–Kier alpha value is -3.12. The average Bonchev–Trinajstić information content (AvgIpc) is 3.21. The highest BCUT2D eigenvalue weighted by atomic mass is 19.4. The van der Waals surface area contributed by atoms with Gasteiger partial charge in [-0.2, -0.15) is 18.3 Å². The molecule has 0 bridgehead atoms. The third-order valence-electron chi connectivity index (χ3n) is 6.87. The zero-order valence-electron chi connectivity index (χ0n) is 18.2. The van der Waals surface area contributed by atoms with Gasteiger partial charge in [-0.25, -0.2) is 33.4 Å². The molecule has 2 saturated heterocycles. The highest BCUT2D eigenvalue weighted by Gasteiger charge is 2.39. The van der Waals surface area contributed by atoms with Crippen LogP contribution in [0, 0.1) is 5.41 Å². The monoisotopic (exact) mass is 482 g/mol. The maximum atomic E-state index is 12.8. The number of piperidine rings is 2. The first-order valence-corrected chi connectivity index (χ1v) is 11.1. The lowest BCUT2D eigenvalue weighted by atomic mass is 9.71. The second kappa shape index (κ2) is 8.58. The molecule has 0 aliphatic carbocycles. The number of hydrogen-bond donors (Lipinski definition) is 0. The van der Waals surface area contributed by atoms with E-state index in [2.05, 4.69) is 29.9 Å². The van der Waals surface area contributed by atoms with E-state index < -0.39 is 24.8 Å². The summed E-state index contributed by atoms with van der Waals surface area (Å²) < 4.78 is 65.0. The number of alkyl halides is 5. The van der Waals surface area contributed by atoms with Crippen molar-refractivity contribution < 1.29 is 22.0 Å². The molecule has 5 rings (SSSR count). The molecule has 5 heterocycles. The fourth-order valence-corrected chi connectivity index (χ4v) is 4.81. The van der Waals surface area contributed by atoms with Crippen LogP contribution in [0.3, 0.4) is 0 Å². The summed E-state index contributed by atoms with van der Waals surface area (Å²) >= 11 is 0. The quantitative estimate of drug-likeness (QED) is 0.524. The molecule has 1 spiro atoms. The van der Waals surface area contributed by atoms with Crippen molar-refractivity contribution in [1.29, 1.82) is 0 Å². The fourth-order valence-electron chi connectivity index (χ4n) is 4.81. The lowest BCUT2D eigenvalue weighted by molar-refractivity contribution is -0.141. The van der Waals surface area contributed by atoms with E-state index in [1.165, 1.54) is 17.1 Å². The van der Waals surface area contributed by atoms with Crippen LogP contribution in [0.4, 0.5) is 33.6 Å². The van der Waals surface area contributed by atoms with Gasteiger partial charge in [0.1, 0.15) is 23.7 Å². The first-order chi connectivity index (χ1) is 16.2. The lowest BCUT2D eigenvalue weighted by Gasteiger charge is -2.47. The number of hydrogen-bond acceptors (Lipinski definition) is 7. The molecule has 0 atom stereocenters. The van der Waals surface area contributed by atoms with E-state index in [1.807, 2.05) is 4.90 Å². The number of rotatable bonds is 4. The van der Waals surface area contributed by atoms with Crippen LogP contribution in [-0.2, 0) is 12.7 Å². The Balaban J connectivity index is 1.20. The summed E-state index contributed by atoms with van der Waals surface area (Å²) in [6.45, 7) is 2.42. The molecule has 0 N–H and O–H groups in total. The molecule has 0 aromatic carbocycles. The molecule has 0 radical (unpaired) electrons. The highest BCUT2D eigenvalue weighted by molar-refractivity contribution is 5.71. The topological polar surface area (TPSA) is 75.9 Å². The average molecular weight is 482 g/mol. The van der Waals surface area contributed by atoms with Crippen molar-refractivity contribution in [3.05, 3.63) is 30.5 Å². The molecule has 3 aromatic rings. The predicted octanol–water partition coefficient (Wildman–Crippen LogP) is 3.79. The van der Waals surface area contributed by atoms with E-state index in [9.17, 15) is 22.0 Å². The molecule has 0 unspecified atom stereocenters. The van der Waals surface area contributed by atoms with Crippen LogP contribution in [0.1, 0.15) is 31.4 Å². The molecule has 2 aliphatic heterocycles. The van der Waals surface area contributed by atoms with Crippen LogP contribution in [0.25, 0.3) is 11.2 Å². The van der Waals surface area contributed by atoms with Crippen molar-refractivity contribution in [2.45, 2.75) is 44.8 Å². The van der Waals surface area contributed by atoms with E-state index in [4.69, 9.17) is 0 Å². The summed E-state index contributed by atoms with van der Waals surface area (Å²) in [6, 6.07) is 0. The van der Waals surface area contributed by atoms with Crippen LogP contribution in [0.2, 0.25) is 0 Å². The normalized spacial score (nSPS) is 18.9. The molecule has 13 heteroatoms. The van der Waals surface area contributed by atoms with Crippen LogP contribution < -0.4 is 9.80 Å². The van der Waals surface area contributed by atoms with E-state index >= 15 is 0 Å². The van der Waals surface area contributed by atoms with Crippen LogP contribution in [0.15, 0.2) is 24.8 Å². The molecule has 34 heavy (non-hydrogen) atoms. The van der Waals surface area contributed by atoms with Crippen LogP contribution in [-0.4, -0.2) is 62.3 Å². The zero-order chi connectivity index (χ0) is 23.9. The number of nitrogens with zero attached hydrogens (tertiary/aromatic N) is 8. The maximum absolute atomic E-state index is 12.8. The molecular weight excluding hydrogens is 459 g/mol. The smallest absolute Gasteiger partial charge is 0.355 e. The molecule has 0 saturated carbocycles. The van der Waals surface area contributed by atoms with Gasteiger partial charge in [0.15, 0.2) is 11.3 Å². The van der Waals surface area contributed by atoms with Gasteiger partial charge in [-0.3, -0.25) is 0 Å². The summed E-state index contributed by atoms with van der Waals surface area (Å²) in [5.74, 6) is 1.11. The minimum absolute atomic E-state index is 0.154. The van der Waals surface area contributed by atoms with Gasteiger partial charge in [-0.1, -0.05) is 0 Å². The Labute approximate surface area is 191 Å². The Bertz CT molecular complexity index is 1130. The minimum Gasteiger partial charge on any atom is -0.355 e. The summed E-state index contributed by atoms with van der Waals surface area (Å²) in [4.78, 5) is 20.5. The van der Waals surface area contributed by atoms with Gasteiger partial charge in [-0.15, -0.1) is 0 Å². The van der Waals surface area contributed by atoms with Gasteiger partial charge in [0.2, 0.25) is 0 Å². The van der Waals surface area contributed by atoms with Gasteiger partial charge in [0, 0.05) is 26.2 Å². The summed E-state index contributed by atoms with van der Waals surface area (Å²) in [6.07, 6.45) is 1.75. The Morgan fingerprint density at radius 3 is 2.00 bits per heavy atom. The zero-order valence-corrected chi connectivity index (χ0v) is 18.2. The standard InChI is InChI=1S/C21H23F5N8/c22-16(23)13-34-19-14(9-30-34)27-12-18(31-19)33-7-3-20(4-8-33)1-5-32(6-2-20)17-11-28-15(10-29-17)21(24,25)26/h9-12,16H,1-8,13H2. The Morgan fingerprint density at radius 1 is 0.824 bits per heavy atom. The van der Waals surface area contributed by atoms with Crippen molar-refractivity contribution in [2.24, 2.45) is 5.41 Å². The summed E-state index contributed by atoms with van der Waals surface area (Å²) in [5.41, 5.74) is -0.00211. The SMILES string of the molecule is FC(F)Cn1ncc2ncc(N3CCC4(CCN(c5cnc(C(F)(F)F)cn5)CC4)CC3)nc21. The Kier molecular flexibility index (Phi) is 5.72.